The smallest absolute Gasteiger partial charge is 0.224 e. The molecule has 2 N–H and O–H groups in total. The standard InChI is InChI=1S/C30H30Cl2N6O2/c1-18-7-5-9-34-27(18)17-40-30-23(31)12-21(13-24(30)32)36-29-20(15-33)16-35-26-11-19(2)25(14-22(26)29)37-28(39)8-6-10-38(3)4/h5,7,9,11-14,16H,6,8,10,17H2,1-4H3,(H,35,36)(H,37,39). The Morgan fingerprint density at radius 3 is 2.52 bits per heavy atom. The van der Waals surface area contributed by atoms with Crippen LogP contribution in [0.1, 0.15) is 35.2 Å². The van der Waals surface area contributed by atoms with E-state index in [9.17, 15) is 10.1 Å². The van der Waals surface area contributed by atoms with Gasteiger partial charge in [0.1, 0.15) is 12.7 Å². The second-order valence-corrected chi connectivity index (χ2v) is 10.6. The number of benzene rings is 2. The number of anilines is 3. The highest BCUT2D eigenvalue weighted by molar-refractivity contribution is 6.37. The summed E-state index contributed by atoms with van der Waals surface area (Å²) in [6, 6.07) is 13.1. The molecule has 8 nitrogen and oxygen atoms in total. The molecule has 1 amide bonds. The van der Waals surface area contributed by atoms with Crippen molar-refractivity contribution in [2.24, 2.45) is 0 Å². The summed E-state index contributed by atoms with van der Waals surface area (Å²) in [6.45, 7) is 4.91. The van der Waals surface area contributed by atoms with Gasteiger partial charge in [0.2, 0.25) is 5.91 Å². The minimum absolute atomic E-state index is 0.0711. The first-order valence-corrected chi connectivity index (χ1v) is 13.5. The summed E-state index contributed by atoms with van der Waals surface area (Å²) in [6.07, 6.45) is 4.38. The minimum atomic E-state index is -0.0711. The molecule has 0 unspecified atom stereocenters. The Kier molecular flexibility index (Phi) is 9.43. The van der Waals surface area contributed by atoms with Gasteiger partial charge in [0.25, 0.3) is 0 Å². The molecule has 0 saturated carbocycles. The van der Waals surface area contributed by atoms with Crippen LogP contribution in [0.5, 0.6) is 5.75 Å². The van der Waals surface area contributed by atoms with Crippen molar-refractivity contribution in [3.05, 3.63) is 81.2 Å². The van der Waals surface area contributed by atoms with E-state index in [1.807, 2.05) is 57.1 Å². The Labute approximate surface area is 243 Å². The fourth-order valence-corrected chi connectivity index (χ4v) is 4.79. The summed E-state index contributed by atoms with van der Waals surface area (Å²) in [5, 5.41) is 17.4. The molecule has 4 rings (SSSR count). The molecule has 10 heteroatoms. The monoisotopic (exact) mass is 576 g/mol. The SMILES string of the molecule is Cc1cc2ncc(C#N)c(Nc3cc(Cl)c(OCc4ncccc4C)c(Cl)c3)c2cc1NC(=O)CCCN(C)C. The van der Waals surface area contributed by atoms with Gasteiger partial charge in [-0.15, -0.1) is 0 Å². The number of halogens is 2. The minimum Gasteiger partial charge on any atom is -0.484 e. The van der Waals surface area contributed by atoms with Gasteiger partial charge in [-0.2, -0.15) is 5.26 Å². The Morgan fingerprint density at radius 1 is 1.10 bits per heavy atom. The lowest BCUT2D eigenvalue weighted by Crippen LogP contribution is -2.17. The van der Waals surface area contributed by atoms with E-state index in [-0.39, 0.29) is 12.5 Å². The number of nitrogens with one attached hydrogen (secondary N) is 2. The second kappa shape index (κ2) is 13.0. The van der Waals surface area contributed by atoms with Crippen molar-refractivity contribution in [1.29, 1.82) is 5.26 Å². The number of carbonyl (C=O) groups is 1. The van der Waals surface area contributed by atoms with Crippen molar-refractivity contribution in [3.63, 3.8) is 0 Å². The first-order chi connectivity index (χ1) is 19.2. The first-order valence-electron chi connectivity index (χ1n) is 12.7. The van der Waals surface area contributed by atoms with Gasteiger partial charge in [-0.25, -0.2) is 0 Å². The van der Waals surface area contributed by atoms with Crippen LogP contribution in [0.3, 0.4) is 0 Å². The summed E-state index contributed by atoms with van der Waals surface area (Å²) in [5.74, 6) is 0.271. The lowest BCUT2D eigenvalue weighted by molar-refractivity contribution is -0.116. The predicted octanol–water partition coefficient (Wildman–Crippen LogP) is 7.03. The average Bonchev–Trinajstić information content (AvgIpc) is 2.90. The van der Waals surface area contributed by atoms with Gasteiger partial charge in [-0.05, 0) is 82.4 Å². The molecule has 4 aromatic rings. The van der Waals surface area contributed by atoms with Crippen LogP contribution in [-0.4, -0.2) is 41.4 Å². The maximum atomic E-state index is 12.6. The highest BCUT2D eigenvalue weighted by Gasteiger charge is 2.16. The van der Waals surface area contributed by atoms with Crippen molar-refractivity contribution in [1.82, 2.24) is 14.9 Å². The quantitative estimate of drug-likeness (QED) is 0.209. The van der Waals surface area contributed by atoms with Gasteiger partial charge in [-0.1, -0.05) is 29.3 Å². The van der Waals surface area contributed by atoms with Crippen LogP contribution < -0.4 is 15.4 Å². The van der Waals surface area contributed by atoms with Crippen LogP contribution in [0.25, 0.3) is 10.9 Å². The second-order valence-electron chi connectivity index (χ2n) is 9.75. The van der Waals surface area contributed by atoms with Crippen molar-refractivity contribution in [3.8, 4) is 11.8 Å². The third-order valence-corrected chi connectivity index (χ3v) is 6.92. The van der Waals surface area contributed by atoms with E-state index < -0.39 is 0 Å². The number of hydrogen-bond donors (Lipinski definition) is 2. The summed E-state index contributed by atoms with van der Waals surface area (Å²) in [5.41, 5.74) is 5.41. The number of hydrogen-bond acceptors (Lipinski definition) is 7. The van der Waals surface area contributed by atoms with Gasteiger partial charge in [-0.3, -0.25) is 14.8 Å². The number of amides is 1. The van der Waals surface area contributed by atoms with E-state index in [1.54, 1.807) is 18.3 Å². The molecule has 0 aliphatic rings. The lowest BCUT2D eigenvalue weighted by Gasteiger charge is -2.17. The van der Waals surface area contributed by atoms with Gasteiger partial charge in [0.15, 0.2) is 5.75 Å². The number of nitrogens with zero attached hydrogens (tertiary/aromatic N) is 4. The largest absolute Gasteiger partial charge is 0.484 e. The van der Waals surface area contributed by atoms with Crippen LogP contribution in [0.2, 0.25) is 10.0 Å². The van der Waals surface area contributed by atoms with E-state index in [0.717, 1.165) is 29.8 Å². The van der Waals surface area contributed by atoms with Gasteiger partial charge >= 0.3 is 0 Å². The molecule has 0 spiro atoms. The number of nitriles is 1. The molecule has 2 heterocycles. The van der Waals surface area contributed by atoms with Crippen molar-refractivity contribution in [2.45, 2.75) is 33.3 Å². The summed E-state index contributed by atoms with van der Waals surface area (Å²) < 4.78 is 5.90. The zero-order valence-corrected chi connectivity index (χ0v) is 24.3. The maximum absolute atomic E-state index is 12.6. The molecule has 2 aromatic heterocycles. The van der Waals surface area contributed by atoms with Crippen molar-refractivity contribution >= 4 is 57.1 Å². The van der Waals surface area contributed by atoms with E-state index in [2.05, 4.69) is 26.7 Å². The number of rotatable bonds is 10. The number of pyridine rings is 2. The highest BCUT2D eigenvalue weighted by atomic mass is 35.5. The van der Waals surface area contributed by atoms with Gasteiger partial charge in [0.05, 0.1) is 32.5 Å². The Balaban J connectivity index is 1.62. The Morgan fingerprint density at radius 2 is 1.85 bits per heavy atom. The fraction of sp³-hybridized carbons (Fsp3) is 0.267. The van der Waals surface area contributed by atoms with Crippen LogP contribution in [0.4, 0.5) is 17.1 Å². The fourth-order valence-electron chi connectivity index (χ4n) is 4.19. The molecule has 2 aromatic carbocycles. The summed E-state index contributed by atoms with van der Waals surface area (Å²) in [7, 11) is 3.95. The van der Waals surface area contributed by atoms with Crippen LogP contribution in [0, 0.1) is 25.2 Å². The molecule has 0 bridgehead atoms. The molecule has 40 heavy (non-hydrogen) atoms. The van der Waals surface area contributed by atoms with Gasteiger partial charge < -0.3 is 20.3 Å². The average molecular weight is 578 g/mol. The molecular weight excluding hydrogens is 547 g/mol. The normalized spacial score (nSPS) is 10.9. The van der Waals surface area contributed by atoms with Gasteiger partial charge in [0, 0.05) is 35.6 Å². The first kappa shape index (κ1) is 29.1. The molecule has 0 aliphatic heterocycles. The number of ether oxygens (including phenoxy) is 1. The number of aryl methyl sites for hydroxylation is 2. The van der Waals surface area contributed by atoms with Crippen LogP contribution >= 0.6 is 23.2 Å². The lowest BCUT2D eigenvalue weighted by atomic mass is 10.0. The Bertz CT molecular complexity index is 1580. The predicted molar refractivity (Wildman–Crippen MR) is 161 cm³/mol. The zero-order chi connectivity index (χ0) is 28.8. The highest BCUT2D eigenvalue weighted by Crippen LogP contribution is 2.39. The third kappa shape index (κ3) is 6.99. The molecule has 0 saturated heterocycles. The summed E-state index contributed by atoms with van der Waals surface area (Å²) >= 11 is 13.1. The summed E-state index contributed by atoms with van der Waals surface area (Å²) in [4.78, 5) is 23.4. The third-order valence-electron chi connectivity index (χ3n) is 6.36. The van der Waals surface area contributed by atoms with Crippen LogP contribution in [0.15, 0.2) is 48.8 Å². The van der Waals surface area contributed by atoms with E-state index in [1.165, 1.54) is 6.20 Å². The number of aromatic nitrogens is 2. The molecule has 0 fully saturated rings. The molecular formula is C30H30Cl2N6O2. The van der Waals surface area contributed by atoms with Crippen molar-refractivity contribution in [2.75, 3.05) is 31.3 Å². The molecule has 0 atom stereocenters. The topological polar surface area (TPSA) is 103 Å². The Hall–Kier alpha value is -3.90. The van der Waals surface area contributed by atoms with Crippen molar-refractivity contribution < 1.29 is 9.53 Å². The maximum Gasteiger partial charge on any atom is 0.224 e. The number of carbonyl (C=O) groups excluding carboxylic acids is 1. The molecule has 0 radical (unpaired) electrons. The van der Waals surface area contributed by atoms with E-state index >= 15 is 0 Å². The van der Waals surface area contributed by atoms with E-state index in [4.69, 9.17) is 27.9 Å². The van der Waals surface area contributed by atoms with Crippen LogP contribution in [-0.2, 0) is 11.4 Å². The molecule has 206 valence electrons. The van der Waals surface area contributed by atoms with E-state index in [0.29, 0.717) is 55.7 Å². The molecule has 0 aliphatic carbocycles. The zero-order valence-electron chi connectivity index (χ0n) is 22.8. The number of fused-ring (bicyclic) bond motifs is 1.